The number of carbonyl (C=O) groups excluding carboxylic acids is 1. The molecule has 1 aliphatic rings. The molecule has 0 spiro atoms. The van der Waals surface area contributed by atoms with E-state index in [9.17, 15) is 23.4 Å². The molecule has 0 bridgehead atoms. The molecule has 1 saturated heterocycles. The first kappa shape index (κ1) is 19.4. The van der Waals surface area contributed by atoms with Crippen molar-refractivity contribution in [1.29, 1.82) is 0 Å². The maximum absolute atomic E-state index is 12.2. The van der Waals surface area contributed by atoms with Gasteiger partial charge in [-0.1, -0.05) is 17.7 Å². The molecule has 1 aromatic heterocycles. The molecule has 3 rings (SSSR count). The van der Waals surface area contributed by atoms with Gasteiger partial charge >= 0.3 is 0 Å². The number of benzene rings is 1. The smallest absolute Gasteiger partial charge is 0.297 e. The van der Waals surface area contributed by atoms with E-state index in [1.807, 2.05) is 6.92 Å². The highest BCUT2D eigenvalue weighted by Crippen LogP contribution is 2.29. The zero-order valence-corrected chi connectivity index (χ0v) is 15.0. The molecule has 0 saturated carbocycles. The second kappa shape index (κ2) is 7.32. The van der Waals surface area contributed by atoms with Gasteiger partial charge in [-0.2, -0.15) is 18.3 Å². The average Bonchev–Trinajstić information content (AvgIpc) is 3.20. The quantitative estimate of drug-likeness (QED) is 0.502. The monoisotopic (exact) mass is 398 g/mol. The summed E-state index contributed by atoms with van der Waals surface area (Å²) in [6.45, 7) is 1.28. The number of aromatic nitrogens is 3. The van der Waals surface area contributed by atoms with Gasteiger partial charge < -0.3 is 20.7 Å². The predicted octanol–water partition coefficient (Wildman–Crippen LogP) is -1.29. The van der Waals surface area contributed by atoms with E-state index in [1.165, 1.54) is 12.1 Å². The highest BCUT2D eigenvalue weighted by Gasteiger charge is 2.45. The molecule has 1 aliphatic heterocycles. The molecule has 0 unspecified atom stereocenters. The zero-order valence-electron chi connectivity index (χ0n) is 14.2. The Hall–Kier alpha value is -2.38. The first-order valence-electron chi connectivity index (χ1n) is 7.88. The lowest BCUT2D eigenvalue weighted by molar-refractivity contribution is -0.0621. The number of rotatable bonds is 6. The summed E-state index contributed by atoms with van der Waals surface area (Å²) >= 11 is 0. The van der Waals surface area contributed by atoms with E-state index in [0.29, 0.717) is 0 Å². The van der Waals surface area contributed by atoms with Gasteiger partial charge in [-0.3, -0.25) is 8.98 Å². The maximum Gasteiger partial charge on any atom is 0.297 e. The van der Waals surface area contributed by atoms with Gasteiger partial charge in [0.15, 0.2) is 11.9 Å². The summed E-state index contributed by atoms with van der Waals surface area (Å²) in [6.07, 6.45) is -4.23. The SMILES string of the molecule is Cc1ccc(S(=O)(=O)OC[C@H]2O[C@@H](n3ncc(C(N)=O)n3)[C@H](O)[C@@H]2O)cc1. The Kier molecular flexibility index (Phi) is 5.26. The largest absolute Gasteiger partial charge is 0.387 e. The Bertz CT molecular complexity index is 928. The lowest BCUT2D eigenvalue weighted by Gasteiger charge is -2.14. The summed E-state index contributed by atoms with van der Waals surface area (Å²) in [5, 5.41) is 27.7. The van der Waals surface area contributed by atoms with E-state index >= 15 is 0 Å². The van der Waals surface area contributed by atoms with Crippen LogP contribution in [0.25, 0.3) is 0 Å². The average molecular weight is 398 g/mol. The minimum absolute atomic E-state index is 0.0440. The zero-order chi connectivity index (χ0) is 19.8. The number of aliphatic hydroxyl groups excluding tert-OH is 2. The van der Waals surface area contributed by atoms with Crippen LogP contribution in [0, 0.1) is 6.92 Å². The van der Waals surface area contributed by atoms with E-state index in [4.69, 9.17) is 14.7 Å². The van der Waals surface area contributed by atoms with Crippen molar-refractivity contribution in [2.45, 2.75) is 36.4 Å². The molecule has 1 fully saturated rings. The molecule has 0 radical (unpaired) electrons. The van der Waals surface area contributed by atoms with Gasteiger partial charge in [-0.05, 0) is 19.1 Å². The van der Waals surface area contributed by atoms with Crippen molar-refractivity contribution in [3.63, 3.8) is 0 Å². The summed E-state index contributed by atoms with van der Waals surface area (Å²) in [5.41, 5.74) is 5.82. The van der Waals surface area contributed by atoms with Crippen molar-refractivity contribution in [1.82, 2.24) is 15.0 Å². The van der Waals surface area contributed by atoms with Crippen LogP contribution < -0.4 is 5.73 Å². The number of nitrogens with zero attached hydrogens (tertiary/aromatic N) is 3. The fourth-order valence-corrected chi connectivity index (χ4v) is 3.42. The van der Waals surface area contributed by atoms with Gasteiger partial charge in [0.2, 0.25) is 0 Å². The third kappa shape index (κ3) is 3.99. The molecule has 4 atom stereocenters. The Morgan fingerprint density at radius 1 is 1.30 bits per heavy atom. The third-order valence-electron chi connectivity index (χ3n) is 4.02. The number of hydrogen-bond acceptors (Lipinski definition) is 9. The minimum Gasteiger partial charge on any atom is -0.387 e. The van der Waals surface area contributed by atoms with Gasteiger partial charge in [-0.15, -0.1) is 5.10 Å². The van der Waals surface area contributed by atoms with Gasteiger partial charge in [0, 0.05) is 0 Å². The number of ether oxygens (including phenoxy) is 1. The molecule has 12 heteroatoms. The second-order valence-corrected chi connectivity index (χ2v) is 7.63. The van der Waals surface area contributed by atoms with Crippen molar-refractivity contribution in [2.24, 2.45) is 5.73 Å². The lowest BCUT2D eigenvalue weighted by Crippen LogP contribution is -2.34. The van der Waals surface area contributed by atoms with E-state index < -0.39 is 47.2 Å². The fourth-order valence-electron chi connectivity index (χ4n) is 2.50. The normalized spacial score (nSPS) is 25.6. The van der Waals surface area contributed by atoms with Crippen LogP contribution >= 0.6 is 0 Å². The first-order valence-corrected chi connectivity index (χ1v) is 9.29. The third-order valence-corrected chi connectivity index (χ3v) is 5.32. The number of primary amides is 1. The number of carbonyl (C=O) groups is 1. The molecular formula is C15H18N4O7S. The molecular weight excluding hydrogens is 380 g/mol. The molecule has 2 heterocycles. The molecule has 146 valence electrons. The predicted molar refractivity (Wildman–Crippen MR) is 88.8 cm³/mol. The Morgan fingerprint density at radius 3 is 2.56 bits per heavy atom. The molecule has 2 aromatic rings. The summed E-state index contributed by atoms with van der Waals surface area (Å²) in [5.74, 6) is -0.821. The van der Waals surface area contributed by atoms with Crippen molar-refractivity contribution >= 4 is 16.0 Å². The highest BCUT2D eigenvalue weighted by atomic mass is 32.2. The van der Waals surface area contributed by atoms with Crippen molar-refractivity contribution in [2.75, 3.05) is 6.61 Å². The standard InChI is InChI=1S/C15H18N4O7S/c1-8-2-4-9(5-3-8)27(23,24)25-7-11-12(20)13(21)15(26-11)19-17-6-10(18-19)14(16)22/h2-6,11-13,15,20-21H,7H2,1H3,(H2,16,22)/t11-,12-,13-,15-/m1/s1. The second-order valence-electron chi connectivity index (χ2n) is 6.01. The van der Waals surface area contributed by atoms with Crippen molar-refractivity contribution in [3.05, 3.63) is 41.7 Å². The summed E-state index contributed by atoms with van der Waals surface area (Å²) in [6, 6.07) is 6.04. The maximum atomic E-state index is 12.2. The first-order chi connectivity index (χ1) is 12.7. The summed E-state index contributed by atoms with van der Waals surface area (Å²) in [4.78, 5) is 11.9. The van der Waals surface area contributed by atoms with Crippen molar-refractivity contribution in [3.8, 4) is 0 Å². The van der Waals surface area contributed by atoms with Crippen LogP contribution in [-0.4, -0.2) is 64.5 Å². The van der Waals surface area contributed by atoms with E-state index in [-0.39, 0.29) is 10.6 Å². The van der Waals surface area contributed by atoms with Gasteiger partial charge in [0.05, 0.1) is 17.7 Å². The van der Waals surface area contributed by atoms with Crippen LogP contribution in [0.2, 0.25) is 0 Å². The Balaban J connectivity index is 1.68. The molecule has 1 amide bonds. The van der Waals surface area contributed by atoms with Gasteiger partial charge in [0.25, 0.3) is 16.0 Å². The summed E-state index contributed by atoms with van der Waals surface area (Å²) < 4.78 is 34.8. The van der Waals surface area contributed by atoms with Crippen LogP contribution in [0.4, 0.5) is 0 Å². The number of amides is 1. The number of aryl methyl sites for hydroxylation is 1. The Morgan fingerprint density at radius 2 is 1.96 bits per heavy atom. The topological polar surface area (TPSA) is 167 Å². The molecule has 11 nitrogen and oxygen atoms in total. The van der Waals surface area contributed by atoms with Crippen LogP contribution in [-0.2, 0) is 19.0 Å². The Labute approximate surface area is 154 Å². The van der Waals surface area contributed by atoms with Gasteiger partial charge in [-0.25, -0.2) is 0 Å². The van der Waals surface area contributed by atoms with Crippen molar-refractivity contribution < 1.29 is 32.3 Å². The van der Waals surface area contributed by atoms with Crippen LogP contribution in [0.1, 0.15) is 22.3 Å². The number of aliphatic hydroxyl groups is 2. The molecule has 27 heavy (non-hydrogen) atoms. The van der Waals surface area contributed by atoms with Crippen LogP contribution in [0.5, 0.6) is 0 Å². The van der Waals surface area contributed by atoms with Crippen LogP contribution in [0.3, 0.4) is 0 Å². The van der Waals surface area contributed by atoms with E-state index in [0.717, 1.165) is 16.6 Å². The number of hydrogen-bond donors (Lipinski definition) is 3. The number of nitrogens with two attached hydrogens (primary N) is 1. The fraction of sp³-hybridized carbons (Fsp3) is 0.400. The lowest BCUT2D eigenvalue weighted by atomic mass is 10.1. The molecule has 1 aromatic carbocycles. The van der Waals surface area contributed by atoms with Crippen LogP contribution in [0.15, 0.2) is 35.4 Å². The van der Waals surface area contributed by atoms with Gasteiger partial charge in [0.1, 0.15) is 18.3 Å². The molecule has 4 N–H and O–H groups in total. The summed E-state index contributed by atoms with van der Waals surface area (Å²) in [7, 11) is -4.07. The van der Waals surface area contributed by atoms with E-state index in [1.54, 1.807) is 12.1 Å². The highest BCUT2D eigenvalue weighted by molar-refractivity contribution is 7.86. The molecule has 0 aliphatic carbocycles. The minimum atomic E-state index is -4.07. The van der Waals surface area contributed by atoms with E-state index in [2.05, 4.69) is 10.2 Å².